The zero-order valence-electron chi connectivity index (χ0n) is 13.9. The van der Waals surface area contributed by atoms with Gasteiger partial charge >= 0.3 is 0 Å². The number of piperidine rings is 1. The maximum Gasteiger partial charge on any atom is 0.240 e. The summed E-state index contributed by atoms with van der Waals surface area (Å²) in [5.41, 5.74) is 0.283. The summed E-state index contributed by atoms with van der Waals surface area (Å²) in [5.74, 6) is 0.204. The molecule has 1 heterocycles. The molecule has 20 heavy (non-hydrogen) atoms. The highest BCUT2D eigenvalue weighted by Crippen LogP contribution is 2.45. The van der Waals surface area contributed by atoms with Crippen molar-refractivity contribution in [2.45, 2.75) is 84.7 Å². The molecule has 1 amide bonds. The third-order valence-corrected chi connectivity index (χ3v) is 5.01. The van der Waals surface area contributed by atoms with Crippen molar-refractivity contribution in [2.75, 3.05) is 6.54 Å². The molecule has 1 aliphatic heterocycles. The molecule has 2 aliphatic rings. The van der Waals surface area contributed by atoms with Gasteiger partial charge < -0.3 is 10.6 Å². The van der Waals surface area contributed by atoms with Crippen molar-refractivity contribution in [3.63, 3.8) is 0 Å². The van der Waals surface area contributed by atoms with Crippen LogP contribution in [-0.2, 0) is 4.79 Å². The lowest BCUT2D eigenvalue weighted by Crippen LogP contribution is -2.59. The number of hydrogen-bond donors (Lipinski definition) is 2. The first-order valence-electron chi connectivity index (χ1n) is 8.18. The van der Waals surface area contributed by atoms with Crippen molar-refractivity contribution in [1.82, 2.24) is 10.6 Å². The average molecular weight is 280 g/mol. The first-order chi connectivity index (χ1) is 9.12. The third kappa shape index (κ3) is 3.75. The van der Waals surface area contributed by atoms with Crippen molar-refractivity contribution in [3.05, 3.63) is 0 Å². The minimum absolute atomic E-state index is 0.204. The van der Waals surface area contributed by atoms with Gasteiger partial charge in [0.15, 0.2) is 0 Å². The summed E-state index contributed by atoms with van der Waals surface area (Å²) < 4.78 is 0. The fraction of sp³-hybridized carbons (Fsp3) is 0.941. The molecule has 0 aromatic carbocycles. The summed E-state index contributed by atoms with van der Waals surface area (Å²) in [4.78, 5) is 12.6. The quantitative estimate of drug-likeness (QED) is 0.815. The van der Waals surface area contributed by atoms with E-state index < -0.39 is 0 Å². The topological polar surface area (TPSA) is 41.1 Å². The summed E-state index contributed by atoms with van der Waals surface area (Å²) in [6.07, 6.45) is 6.72. The summed E-state index contributed by atoms with van der Waals surface area (Å²) in [7, 11) is 0. The number of rotatable bonds is 2. The molecule has 2 rings (SSSR count). The second-order valence-electron chi connectivity index (χ2n) is 8.80. The molecular formula is C17H32N2O. The molecule has 1 saturated heterocycles. The van der Waals surface area contributed by atoms with E-state index in [1.54, 1.807) is 0 Å². The van der Waals surface area contributed by atoms with Crippen LogP contribution in [0.3, 0.4) is 0 Å². The Bertz CT molecular complexity index is 351. The Kier molecular flexibility index (Phi) is 4.21. The maximum absolute atomic E-state index is 12.6. The highest BCUT2D eigenvalue weighted by molar-refractivity contribution is 5.86. The number of hydrogen-bond acceptors (Lipinski definition) is 2. The Labute approximate surface area is 124 Å². The van der Waals surface area contributed by atoms with E-state index in [1.165, 1.54) is 12.8 Å². The summed E-state index contributed by atoms with van der Waals surface area (Å²) in [6.45, 7) is 12.3. The molecule has 1 aliphatic carbocycles. The number of carbonyl (C=O) groups excluding carboxylic acids is 1. The molecular weight excluding hydrogens is 248 g/mol. The van der Waals surface area contributed by atoms with Gasteiger partial charge in [-0.1, -0.05) is 27.7 Å². The maximum atomic E-state index is 12.6. The largest absolute Gasteiger partial charge is 0.352 e. The molecule has 0 aromatic rings. The summed E-state index contributed by atoms with van der Waals surface area (Å²) in [6, 6.07) is 0.321. The SMILES string of the molecule is CC1(C)CC(NC(=O)C2(C)CCCCN2)CC(C)(C)C1. The smallest absolute Gasteiger partial charge is 0.240 e. The first kappa shape index (κ1) is 15.8. The lowest BCUT2D eigenvalue weighted by atomic mass is 9.63. The average Bonchev–Trinajstić information content (AvgIpc) is 2.25. The van der Waals surface area contributed by atoms with Crippen LogP contribution in [0.5, 0.6) is 0 Å². The highest BCUT2D eigenvalue weighted by atomic mass is 16.2. The lowest BCUT2D eigenvalue weighted by Gasteiger charge is -2.46. The van der Waals surface area contributed by atoms with Gasteiger partial charge in [-0.2, -0.15) is 0 Å². The van der Waals surface area contributed by atoms with Crippen molar-refractivity contribution >= 4 is 5.91 Å². The Morgan fingerprint density at radius 3 is 2.15 bits per heavy atom. The van der Waals surface area contributed by atoms with E-state index in [4.69, 9.17) is 0 Å². The molecule has 3 nitrogen and oxygen atoms in total. The fourth-order valence-electron chi connectivity index (χ4n) is 4.54. The first-order valence-corrected chi connectivity index (χ1v) is 8.18. The van der Waals surface area contributed by atoms with Crippen LogP contribution in [0.1, 0.15) is 73.1 Å². The Balaban J connectivity index is 2.00. The van der Waals surface area contributed by atoms with Gasteiger partial charge in [-0.25, -0.2) is 0 Å². The van der Waals surface area contributed by atoms with Crippen molar-refractivity contribution in [2.24, 2.45) is 10.8 Å². The Hall–Kier alpha value is -0.570. The minimum Gasteiger partial charge on any atom is -0.352 e. The molecule has 1 unspecified atom stereocenters. The van der Waals surface area contributed by atoms with Crippen LogP contribution in [-0.4, -0.2) is 24.0 Å². The van der Waals surface area contributed by atoms with E-state index in [1.807, 2.05) is 0 Å². The zero-order chi connectivity index (χ0) is 15.0. The lowest BCUT2D eigenvalue weighted by molar-refractivity contribution is -0.129. The highest BCUT2D eigenvalue weighted by Gasteiger charge is 2.41. The van der Waals surface area contributed by atoms with E-state index in [2.05, 4.69) is 45.3 Å². The molecule has 3 heteroatoms. The van der Waals surface area contributed by atoms with Gasteiger partial charge in [0.05, 0.1) is 5.54 Å². The summed E-state index contributed by atoms with van der Waals surface area (Å²) >= 11 is 0. The van der Waals surface area contributed by atoms with Crippen LogP contribution in [0.15, 0.2) is 0 Å². The van der Waals surface area contributed by atoms with Crippen molar-refractivity contribution < 1.29 is 4.79 Å². The third-order valence-electron chi connectivity index (χ3n) is 5.01. The van der Waals surface area contributed by atoms with Crippen LogP contribution >= 0.6 is 0 Å². The molecule has 0 radical (unpaired) electrons. The predicted molar refractivity (Wildman–Crippen MR) is 83.6 cm³/mol. The number of carbonyl (C=O) groups is 1. The molecule has 0 bridgehead atoms. The van der Waals surface area contributed by atoms with Gasteiger partial charge in [-0.15, -0.1) is 0 Å². The van der Waals surface area contributed by atoms with E-state index >= 15 is 0 Å². The van der Waals surface area contributed by atoms with Gasteiger partial charge in [0.25, 0.3) is 0 Å². The van der Waals surface area contributed by atoms with Crippen LogP contribution < -0.4 is 10.6 Å². The van der Waals surface area contributed by atoms with Gasteiger partial charge in [-0.3, -0.25) is 4.79 Å². The number of amides is 1. The van der Waals surface area contributed by atoms with Crippen LogP contribution in [0.4, 0.5) is 0 Å². The van der Waals surface area contributed by atoms with E-state index in [0.29, 0.717) is 16.9 Å². The molecule has 2 fully saturated rings. The molecule has 0 spiro atoms. The van der Waals surface area contributed by atoms with Crippen molar-refractivity contribution in [1.29, 1.82) is 0 Å². The second kappa shape index (κ2) is 5.32. The molecule has 2 N–H and O–H groups in total. The van der Waals surface area contributed by atoms with E-state index in [9.17, 15) is 4.79 Å². The normalized spacial score (nSPS) is 33.6. The standard InChI is InChI=1S/C17H32N2O/c1-15(2)10-13(11-16(3,4)12-15)19-14(20)17(5)8-6-7-9-18-17/h13,18H,6-12H2,1-5H3,(H,19,20). The van der Waals surface area contributed by atoms with Gasteiger partial charge in [0.1, 0.15) is 0 Å². The summed E-state index contributed by atoms with van der Waals surface area (Å²) in [5, 5.41) is 6.75. The second-order valence-corrected chi connectivity index (χ2v) is 8.80. The van der Waals surface area contributed by atoms with Gasteiger partial charge in [0, 0.05) is 6.04 Å². The van der Waals surface area contributed by atoms with E-state index in [-0.39, 0.29) is 11.4 Å². The molecule has 116 valence electrons. The van der Waals surface area contributed by atoms with Crippen LogP contribution in [0, 0.1) is 10.8 Å². The predicted octanol–water partition coefficient (Wildman–Crippen LogP) is 3.24. The van der Waals surface area contributed by atoms with Gasteiger partial charge in [0.2, 0.25) is 5.91 Å². The van der Waals surface area contributed by atoms with Crippen LogP contribution in [0.25, 0.3) is 0 Å². The number of nitrogens with one attached hydrogen (secondary N) is 2. The molecule has 1 atom stereocenters. The van der Waals surface area contributed by atoms with Crippen LogP contribution in [0.2, 0.25) is 0 Å². The van der Waals surface area contributed by atoms with Gasteiger partial charge in [-0.05, 0) is 62.8 Å². The fourth-order valence-corrected chi connectivity index (χ4v) is 4.54. The zero-order valence-corrected chi connectivity index (χ0v) is 13.9. The molecule has 1 saturated carbocycles. The Morgan fingerprint density at radius 1 is 1.05 bits per heavy atom. The monoisotopic (exact) mass is 280 g/mol. The van der Waals surface area contributed by atoms with E-state index in [0.717, 1.165) is 32.2 Å². The minimum atomic E-state index is -0.357. The Morgan fingerprint density at radius 2 is 1.65 bits per heavy atom. The molecule has 0 aromatic heterocycles. The van der Waals surface area contributed by atoms with Crippen molar-refractivity contribution in [3.8, 4) is 0 Å².